The van der Waals surface area contributed by atoms with Gasteiger partial charge in [-0.1, -0.05) is 36.0 Å². The van der Waals surface area contributed by atoms with Crippen molar-refractivity contribution in [2.75, 3.05) is 6.61 Å². The Hall–Kier alpha value is -1.94. The SMILES string of the molecule is C=C1CC(=O)/C=C(/C)CC[C@@H]2/C(=C\C=C\C(C)(C)O)C(=O)OC[C@@H]12. The largest absolute Gasteiger partial charge is 0.462 e. The minimum absolute atomic E-state index is 0.0144. The number of cyclic esters (lactones) is 1. The Kier molecular flexibility index (Phi) is 5.60. The third-order valence-corrected chi connectivity index (χ3v) is 4.48. The first-order valence-corrected chi connectivity index (χ1v) is 8.34. The lowest BCUT2D eigenvalue weighted by Crippen LogP contribution is -2.34. The van der Waals surface area contributed by atoms with Gasteiger partial charge in [0, 0.05) is 23.8 Å². The zero-order chi connectivity index (χ0) is 17.9. The topological polar surface area (TPSA) is 63.6 Å². The van der Waals surface area contributed by atoms with Crippen molar-refractivity contribution in [1.29, 1.82) is 0 Å². The molecule has 0 radical (unpaired) electrons. The van der Waals surface area contributed by atoms with Crippen molar-refractivity contribution in [3.05, 3.63) is 47.6 Å². The number of aliphatic hydroxyl groups is 1. The summed E-state index contributed by atoms with van der Waals surface area (Å²) in [6.45, 7) is 9.64. The molecule has 0 spiro atoms. The summed E-state index contributed by atoms with van der Waals surface area (Å²) in [5.74, 6) is -0.314. The summed E-state index contributed by atoms with van der Waals surface area (Å²) in [4.78, 5) is 24.3. The maximum atomic E-state index is 12.2. The van der Waals surface area contributed by atoms with E-state index in [0.717, 1.165) is 24.0 Å². The highest BCUT2D eigenvalue weighted by Crippen LogP contribution is 2.38. The van der Waals surface area contributed by atoms with Gasteiger partial charge in [-0.25, -0.2) is 4.79 Å². The van der Waals surface area contributed by atoms with Gasteiger partial charge in [0.15, 0.2) is 5.78 Å². The standard InChI is InChI=1S/C20H26O4/c1-13-7-8-16-17(6-5-9-20(3,4)23)19(22)24-12-18(16)14(2)11-15(21)10-13/h5-6,9-10,16,18,23H,2,7-8,11-12H2,1,3-4H3/b9-5+,13-10-,17-6+/t16-,18+/m1/s1. The van der Waals surface area contributed by atoms with Crippen molar-refractivity contribution in [3.8, 4) is 0 Å². The van der Waals surface area contributed by atoms with E-state index >= 15 is 0 Å². The monoisotopic (exact) mass is 330 g/mol. The van der Waals surface area contributed by atoms with E-state index in [4.69, 9.17) is 4.74 Å². The zero-order valence-electron chi connectivity index (χ0n) is 14.7. The van der Waals surface area contributed by atoms with E-state index in [2.05, 4.69) is 6.58 Å². The molecular weight excluding hydrogens is 304 g/mol. The van der Waals surface area contributed by atoms with E-state index in [9.17, 15) is 14.7 Å². The molecule has 1 aliphatic heterocycles. The maximum absolute atomic E-state index is 12.2. The predicted octanol–water partition coefficient (Wildman–Crippen LogP) is 3.28. The van der Waals surface area contributed by atoms with Crippen LogP contribution in [0.3, 0.4) is 0 Å². The van der Waals surface area contributed by atoms with Gasteiger partial charge in [-0.05, 0) is 39.7 Å². The smallest absolute Gasteiger partial charge is 0.334 e. The molecule has 2 aliphatic rings. The van der Waals surface area contributed by atoms with Gasteiger partial charge in [-0.2, -0.15) is 0 Å². The van der Waals surface area contributed by atoms with Crippen LogP contribution in [0.1, 0.15) is 40.0 Å². The van der Waals surface area contributed by atoms with E-state index in [-0.39, 0.29) is 30.2 Å². The van der Waals surface area contributed by atoms with Crippen LogP contribution in [0, 0.1) is 11.8 Å². The molecular formula is C20H26O4. The van der Waals surface area contributed by atoms with Crippen LogP contribution in [0.25, 0.3) is 0 Å². The van der Waals surface area contributed by atoms with Crippen LogP contribution in [0.2, 0.25) is 0 Å². The van der Waals surface area contributed by atoms with Crippen molar-refractivity contribution in [3.63, 3.8) is 0 Å². The summed E-state index contributed by atoms with van der Waals surface area (Å²) in [5, 5.41) is 9.78. The third kappa shape index (κ3) is 4.78. The molecule has 0 bridgehead atoms. The Labute approximate surface area is 143 Å². The van der Waals surface area contributed by atoms with Crippen molar-refractivity contribution < 1.29 is 19.4 Å². The molecule has 0 saturated carbocycles. The maximum Gasteiger partial charge on any atom is 0.334 e. The molecule has 24 heavy (non-hydrogen) atoms. The normalized spacial score (nSPS) is 30.2. The number of ether oxygens (including phenoxy) is 1. The second-order valence-electron chi connectivity index (χ2n) is 7.28. The van der Waals surface area contributed by atoms with Gasteiger partial charge in [-0.3, -0.25) is 4.79 Å². The van der Waals surface area contributed by atoms with Gasteiger partial charge >= 0.3 is 5.97 Å². The molecule has 1 N–H and O–H groups in total. The Bertz CT molecular complexity index is 629. The minimum Gasteiger partial charge on any atom is -0.462 e. The minimum atomic E-state index is -0.942. The fourth-order valence-electron chi connectivity index (χ4n) is 3.21. The second kappa shape index (κ2) is 7.31. The number of carbonyl (C=O) groups is 2. The number of carbonyl (C=O) groups excluding carboxylic acids is 2. The Morgan fingerprint density at radius 3 is 2.71 bits per heavy atom. The molecule has 1 aliphatic carbocycles. The van der Waals surface area contributed by atoms with Crippen LogP contribution in [0.5, 0.6) is 0 Å². The summed E-state index contributed by atoms with van der Waals surface area (Å²) < 4.78 is 5.32. The molecule has 4 nitrogen and oxygen atoms in total. The first kappa shape index (κ1) is 18.4. The van der Waals surface area contributed by atoms with Gasteiger partial charge < -0.3 is 9.84 Å². The quantitative estimate of drug-likeness (QED) is 0.479. The van der Waals surface area contributed by atoms with Crippen molar-refractivity contribution in [2.45, 2.75) is 45.6 Å². The van der Waals surface area contributed by atoms with Crippen LogP contribution in [0.4, 0.5) is 0 Å². The van der Waals surface area contributed by atoms with Crippen molar-refractivity contribution >= 4 is 11.8 Å². The molecule has 0 unspecified atom stereocenters. The zero-order valence-corrected chi connectivity index (χ0v) is 14.7. The predicted molar refractivity (Wildman–Crippen MR) is 93.2 cm³/mol. The molecule has 0 aromatic carbocycles. The Morgan fingerprint density at radius 1 is 1.33 bits per heavy atom. The number of ketones is 1. The summed E-state index contributed by atoms with van der Waals surface area (Å²) in [6.07, 6.45) is 8.57. The summed E-state index contributed by atoms with van der Waals surface area (Å²) in [7, 11) is 0. The average Bonchev–Trinajstić information content (AvgIpc) is 2.49. The molecule has 1 heterocycles. The van der Waals surface area contributed by atoms with E-state index in [1.54, 1.807) is 38.2 Å². The highest BCUT2D eigenvalue weighted by molar-refractivity contribution is 5.93. The molecule has 1 saturated heterocycles. The first-order chi connectivity index (χ1) is 11.2. The van der Waals surface area contributed by atoms with Crippen molar-refractivity contribution in [1.82, 2.24) is 0 Å². The lowest BCUT2D eigenvalue weighted by atomic mass is 9.76. The molecule has 1 fully saturated rings. The summed E-state index contributed by atoms with van der Waals surface area (Å²) >= 11 is 0. The lowest BCUT2D eigenvalue weighted by molar-refractivity contribution is -0.144. The molecule has 2 rings (SSSR count). The number of fused-ring (bicyclic) bond motifs is 1. The third-order valence-electron chi connectivity index (χ3n) is 4.48. The van der Waals surface area contributed by atoms with Gasteiger partial charge in [0.2, 0.25) is 0 Å². The number of hydrogen-bond acceptors (Lipinski definition) is 4. The first-order valence-electron chi connectivity index (χ1n) is 8.34. The molecule has 4 heteroatoms. The molecule has 2 atom stereocenters. The van der Waals surface area contributed by atoms with E-state index in [1.807, 2.05) is 6.92 Å². The van der Waals surface area contributed by atoms with Gasteiger partial charge in [0.1, 0.15) is 0 Å². The van der Waals surface area contributed by atoms with Crippen molar-refractivity contribution in [2.24, 2.45) is 11.8 Å². The molecule has 130 valence electrons. The average molecular weight is 330 g/mol. The van der Waals surface area contributed by atoms with Crippen LogP contribution in [-0.4, -0.2) is 29.1 Å². The fourth-order valence-corrected chi connectivity index (χ4v) is 3.21. The molecule has 0 aromatic heterocycles. The summed E-state index contributed by atoms with van der Waals surface area (Å²) in [5.41, 5.74) is 1.50. The van der Waals surface area contributed by atoms with E-state index in [1.165, 1.54) is 0 Å². The van der Waals surface area contributed by atoms with Crippen LogP contribution in [-0.2, 0) is 14.3 Å². The molecule has 0 aromatic rings. The summed E-state index contributed by atoms with van der Waals surface area (Å²) in [6, 6.07) is 0. The second-order valence-corrected chi connectivity index (χ2v) is 7.28. The van der Waals surface area contributed by atoms with E-state index in [0.29, 0.717) is 12.0 Å². The van der Waals surface area contributed by atoms with Crippen LogP contribution >= 0.6 is 0 Å². The Morgan fingerprint density at radius 2 is 2.04 bits per heavy atom. The highest BCUT2D eigenvalue weighted by Gasteiger charge is 2.37. The number of allylic oxidation sites excluding steroid dienone is 4. The number of esters is 1. The molecule has 0 amide bonds. The number of hydrogen-bond donors (Lipinski definition) is 1. The van der Waals surface area contributed by atoms with Gasteiger partial charge in [-0.15, -0.1) is 0 Å². The van der Waals surface area contributed by atoms with E-state index < -0.39 is 5.60 Å². The fraction of sp³-hybridized carbons (Fsp3) is 0.500. The Balaban J connectivity index is 2.33. The van der Waals surface area contributed by atoms with Crippen LogP contribution < -0.4 is 0 Å². The van der Waals surface area contributed by atoms with Gasteiger partial charge in [0.05, 0.1) is 12.2 Å². The van der Waals surface area contributed by atoms with Gasteiger partial charge in [0.25, 0.3) is 0 Å². The lowest BCUT2D eigenvalue weighted by Gasteiger charge is -2.33. The number of rotatable bonds is 2. The van der Waals surface area contributed by atoms with Crippen LogP contribution in [0.15, 0.2) is 47.6 Å². The highest BCUT2D eigenvalue weighted by atomic mass is 16.5.